The molecule has 0 saturated heterocycles. The van der Waals surface area contributed by atoms with Crippen LogP contribution in [0.5, 0.6) is 0 Å². The summed E-state index contributed by atoms with van der Waals surface area (Å²) >= 11 is 0. The third-order valence-corrected chi connectivity index (χ3v) is 6.19. The zero-order valence-electron chi connectivity index (χ0n) is 17.2. The number of sulfonamides is 1. The molecule has 2 aromatic carbocycles. The van der Waals surface area contributed by atoms with Crippen molar-refractivity contribution in [3.63, 3.8) is 0 Å². The normalized spacial score (nSPS) is 14.6. The number of amides is 2. The highest BCUT2D eigenvalue weighted by molar-refractivity contribution is 7.92. The van der Waals surface area contributed by atoms with E-state index in [2.05, 4.69) is 15.4 Å². The van der Waals surface area contributed by atoms with Crippen LogP contribution in [0.15, 0.2) is 60.0 Å². The van der Waals surface area contributed by atoms with Gasteiger partial charge < -0.3 is 10.6 Å². The summed E-state index contributed by atoms with van der Waals surface area (Å²) in [6, 6.07) is 15.8. The van der Waals surface area contributed by atoms with Crippen molar-refractivity contribution in [1.29, 1.82) is 0 Å². The van der Waals surface area contributed by atoms with Gasteiger partial charge in [-0.15, -0.1) is 0 Å². The maximum Gasteiger partial charge on any atom is 0.251 e. The molecule has 2 aromatic rings. The van der Waals surface area contributed by atoms with Crippen LogP contribution in [0.3, 0.4) is 0 Å². The molecule has 7 nitrogen and oxygen atoms in total. The van der Waals surface area contributed by atoms with Crippen LogP contribution in [-0.4, -0.2) is 33.3 Å². The monoisotopic (exact) mass is 441 g/mol. The summed E-state index contributed by atoms with van der Waals surface area (Å²) in [5.74, 6) is -0.203. The molecule has 3 rings (SSSR count). The van der Waals surface area contributed by atoms with Crippen molar-refractivity contribution in [2.45, 2.75) is 25.7 Å². The number of anilines is 1. The van der Waals surface area contributed by atoms with Crippen molar-refractivity contribution in [2.24, 2.45) is 5.92 Å². The molecule has 1 saturated carbocycles. The van der Waals surface area contributed by atoms with Gasteiger partial charge in [0.2, 0.25) is 15.9 Å². The fraction of sp³-hybridized carbons (Fsp3) is 0.304. The molecular formula is C23H27N3O4S. The Morgan fingerprint density at radius 1 is 0.935 bits per heavy atom. The Morgan fingerprint density at radius 2 is 1.61 bits per heavy atom. The van der Waals surface area contributed by atoms with Gasteiger partial charge in [-0.3, -0.25) is 9.59 Å². The zero-order chi connectivity index (χ0) is 22.1. The minimum atomic E-state index is -3.59. The summed E-state index contributed by atoms with van der Waals surface area (Å²) < 4.78 is 26.4. The fourth-order valence-corrected chi connectivity index (χ4v) is 4.21. The van der Waals surface area contributed by atoms with Crippen molar-refractivity contribution >= 4 is 33.6 Å². The highest BCUT2D eigenvalue weighted by atomic mass is 32.2. The molecule has 0 radical (unpaired) electrons. The first-order valence-electron chi connectivity index (χ1n) is 10.3. The molecular weight excluding hydrogens is 414 g/mol. The first-order valence-corrected chi connectivity index (χ1v) is 11.9. The molecule has 1 aliphatic carbocycles. The predicted octanol–water partition coefficient (Wildman–Crippen LogP) is 3.14. The lowest BCUT2D eigenvalue weighted by molar-refractivity contribution is -0.119. The van der Waals surface area contributed by atoms with Gasteiger partial charge in [0, 0.05) is 35.7 Å². The number of nitrogens with one attached hydrogen (secondary N) is 3. The second-order valence-electron chi connectivity index (χ2n) is 7.46. The Balaban J connectivity index is 1.41. The second kappa shape index (κ2) is 10.9. The molecule has 3 N–H and O–H groups in total. The molecule has 1 aliphatic rings. The van der Waals surface area contributed by atoms with E-state index in [1.807, 2.05) is 18.2 Å². The summed E-state index contributed by atoms with van der Waals surface area (Å²) in [6.07, 6.45) is 5.55. The summed E-state index contributed by atoms with van der Waals surface area (Å²) in [5.41, 5.74) is 1.88. The van der Waals surface area contributed by atoms with E-state index in [1.54, 1.807) is 36.4 Å². The third-order valence-electron chi connectivity index (χ3n) is 5.09. The van der Waals surface area contributed by atoms with Gasteiger partial charge in [0.05, 0.1) is 0 Å². The van der Waals surface area contributed by atoms with Gasteiger partial charge in [0.15, 0.2) is 0 Å². The van der Waals surface area contributed by atoms with E-state index in [-0.39, 0.29) is 30.8 Å². The Kier molecular flexibility index (Phi) is 7.97. The summed E-state index contributed by atoms with van der Waals surface area (Å²) in [5, 5.41) is 6.66. The number of rotatable bonds is 9. The van der Waals surface area contributed by atoms with E-state index in [1.165, 1.54) is 6.08 Å². The molecule has 0 unspecified atom stereocenters. The molecule has 0 spiro atoms. The predicted molar refractivity (Wildman–Crippen MR) is 122 cm³/mol. The van der Waals surface area contributed by atoms with Gasteiger partial charge in [-0.05, 0) is 48.7 Å². The van der Waals surface area contributed by atoms with Crippen LogP contribution in [0.4, 0.5) is 5.69 Å². The van der Waals surface area contributed by atoms with Crippen LogP contribution in [0.1, 0.15) is 41.6 Å². The molecule has 8 heteroatoms. The van der Waals surface area contributed by atoms with Gasteiger partial charge in [-0.2, -0.15) is 0 Å². The fourth-order valence-electron chi connectivity index (χ4n) is 3.39. The topological polar surface area (TPSA) is 104 Å². The number of carbonyl (C=O) groups excluding carboxylic acids is 2. The second-order valence-corrected chi connectivity index (χ2v) is 9.11. The van der Waals surface area contributed by atoms with Crippen LogP contribution in [0, 0.1) is 5.92 Å². The molecule has 0 aliphatic heterocycles. The SMILES string of the molecule is O=C(NCCNS(=O)(=O)/C=C/c1ccccc1)c1ccc(NC(=O)C2CCCC2)cc1. The molecule has 31 heavy (non-hydrogen) atoms. The first kappa shape index (κ1) is 22.7. The largest absolute Gasteiger partial charge is 0.351 e. The van der Waals surface area contributed by atoms with Crippen molar-refractivity contribution in [3.05, 3.63) is 71.1 Å². The van der Waals surface area contributed by atoms with Crippen molar-refractivity contribution in [3.8, 4) is 0 Å². The lowest BCUT2D eigenvalue weighted by Crippen LogP contribution is -2.33. The average molecular weight is 442 g/mol. The standard InChI is InChI=1S/C23H27N3O4S/c27-22(20-10-12-21(13-11-20)26-23(28)19-8-4-5-9-19)24-15-16-25-31(29,30)17-14-18-6-2-1-3-7-18/h1-3,6-7,10-14,17,19,25H,4-5,8-9,15-16H2,(H,24,27)(H,26,28)/b17-14+. The molecule has 0 heterocycles. The molecule has 1 fully saturated rings. The molecule has 0 atom stereocenters. The van der Waals surface area contributed by atoms with Crippen LogP contribution in [0.2, 0.25) is 0 Å². The molecule has 0 bridgehead atoms. The summed E-state index contributed by atoms with van der Waals surface area (Å²) in [7, 11) is -3.59. The lowest BCUT2D eigenvalue weighted by atomic mass is 10.1. The van der Waals surface area contributed by atoms with Crippen LogP contribution >= 0.6 is 0 Å². The van der Waals surface area contributed by atoms with E-state index in [4.69, 9.17) is 0 Å². The minimum Gasteiger partial charge on any atom is -0.351 e. The Morgan fingerprint density at radius 3 is 2.29 bits per heavy atom. The summed E-state index contributed by atoms with van der Waals surface area (Å²) in [4.78, 5) is 24.4. The maximum atomic E-state index is 12.2. The van der Waals surface area contributed by atoms with Gasteiger partial charge in [0.25, 0.3) is 5.91 Å². The number of hydrogen-bond donors (Lipinski definition) is 3. The van der Waals surface area contributed by atoms with E-state index >= 15 is 0 Å². The van der Waals surface area contributed by atoms with E-state index < -0.39 is 10.0 Å². The number of benzene rings is 2. The van der Waals surface area contributed by atoms with E-state index in [9.17, 15) is 18.0 Å². The Labute approximate surface area is 183 Å². The maximum absolute atomic E-state index is 12.2. The lowest BCUT2D eigenvalue weighted by Gasteiger charge is -2.11. The Hall–Kier alpha value is -2.97. The average Bonchev–Trinajstić information content (AvgIpc) is 3.32. The highest BCUT2D eigenvalue weighted by Gasteiger charge is 2.22. The molecule has 0 aromatic heterocycles. The van der Waals surface area contributed by atoms with Gasteiger partial charge in [-0.25, -0.2) is 13.1 Å². The minimum absolute atomic E-state index is 0.0308. The Bertz CT molecular complexity index is 1010. The third kappa shape index (κ3) is 7.34. The van der Waals surface area contributed by atoms with Crippen LogP contribution < -0.4 is 15.4 Å². The van der Waals surface area contributed by atoms with Gasteiger partial charge in [-0.1, -0.05) is 43.2 Å². The van der Waals surface area contributed by atoms with E-state index in [0.717, 1.165) is 36.7 Å². The molecule has 2 amide bonds. The smallest absolute Gasteiger partial charge is 0.251 e. The van der Waals surface area contributed by atoms with Crippen LogP contribution in [-0.2, 0) is 14.8 Å². The number of hydrogen-bond acceptors (Lipinski definition) is 4. The zero-order valence-corrected chi connectivity index (χ0v) is 18.0. The van der Waals surface area contributed by atoms with Crippen LogP contribution in [0.25, 0.3) is 6.08 Å². The van der Waals surface area contributed by atoms with Crippen molar-refractivity contribution < 1.29 is 18.0 Å². The van der Waals surface area contributed by atoms with Crippen molar-refractivity contribution in [2.75, 3.05) is 18.4 Å². The van der Waals surface area contributed by atoms with E-state index in [0.29, 0.717) is 11.3 Å². The highest BCUT2D eigenvalue weighted by Crippen LogP contribution is 2.26. The van der Waals surface area contributed by atoms with Crippen molar-refractivity contribution in [1.82, 2.24) is 10.0 Å². The van der Waals surface area contributed by atoms with Gasteiger partial charge >= 0.3 is 0 Å². The summed E-state index contributed by atoms with van der Waals surface area (Å²) in [6.45, 7) is 0.222. The number of carbonyl (C=O) groups is 2. The van der Waals surface area contributed by atoms with Gasteiger partial charge in [0.1, 0.15) is 0 Å². The first-order chi connectivity index (χ1) is 14.9. The molecule has 164 valence electrons. The quantitative estimate of drug-likeness (QED) is 0.520.